The van der Waals surface area contributed by atoms with E-state index in [0.717, 1.165) is 34.3 Å². The van der Waals surface area contributed by atoms with Crippen molar-refractivity contribution in [2.45, 2.75) is 33.1 Å². The van der Waals surface area contributed by atoms with Crippen LogP contribution in [0.2, 0.25) is 0 Å². The summed E-state index contributed by atoms with van der Waals surface area (Å²) in [6, 6.07) is 6.11. The number of anilines is 1. The van der Waals surface area contributed by atoms with E-state index >= 15 is 0 Å². The third kappa shape index (κ3) is 4.55. The lowest BCUT2D eigenvalue weighted by molar-refractivity contribution is -0.116. The number of fused-ring (bicyclic) bond motifs is 1. The fourth-order valence-corrected chi connectivity index (χ4v) is 5.67. The van der Waals surface area contributed by atoms with Crippen molar-refractivity contribution in [3.63, 3.8) is 0 Å². The van der Waals surface area contributed by atoms with Crippen LogP contribution < -0.4 is 5.32 Å². The van der Waals surface area contributed by atoms with Gasteiger partial charge in [0.25, 0.3) is 5.91 Å². The molecule has 1 aliphatic rings. The Bertz CT molecular complexity index is 1050. The quantitative estimate of drug-likeness (QED) is 0.613. The van der Waals surface area contributed by atoms with Crippen LogP contribution in [-0.2, 0) is 16.0 Å². The molecule has 4 heterocycles. The Kier molecular flexibility index (Phi) is 6.46. The SMILES string of the molecule is Cc1cc(C)c2c(NC(=O)CCCc3cccs3)c(C(=O)N3CCOCC3)sc2n1. The number of pyridine rings is 1. The van der Waals surface area contributed by atoms with Crippen LogP contribution in [0.15, 0.2) is 23.6 Å². The molecule has 8 heteroatoms. The van der Waals surface area contributed by atoms with E-state index < -0.39 is 0 Å². The van der Waals surface area contributed by atoms with Gasteiger partial charge >= 0.3 is 0 Å². The van der Waals surface area contributed by atoms with Crippen LogP contribution in [0, 0.1) is 13.8 Å². The third-order valence-electron chi connectivity index (χ3n) is 5.15. The fraction of sp³-hybridized carbons (Fsp3) is 0.409. The standard InChI is InChI=1S/C22H25N3O3S2/c1-14-13-15(2)23-21-18(14)19(20(30-21)22(27)25-8-10-28-11-9-25)24-17(26)7-3-5-16-6-4-12-29-16/h4,6,12-13H,3,5,7-11H2,1-2H3,(H,24,26). The number of carbonyl (C=O) groups excluding carboxylic acids is 2. The summed E-state index contributed by atoms with van der Waals surface area (Å²) in [6.45, 7) is 6.14. The van der Waals surface area contributed by atoms with Gasteiger partial charge in [0.15, 0.2) is 0 Å². The van der Waals surface area contributed by atoms with E-state index in [1.165, 1.54) is 16.2 Å². The van der Waals surface area contributed by atoms with Gasteiger partial charge in [0.05, 0.1) is 18.9 Å². The first-order valence-electron chi connectivity index (χ1n) is 10.1. The van der Waals surface area contributed by atoms with Gasteiger partial charge in [-0.3, -0.25) is 9.59 Å². The first-order chi connectivity index (χ1) is 14.5. The number of hydrogen-bond donors (Lipinski definition) is 1. The van der Waals surface area contributed by atoms with Gasteiger partial charge in [-0.25, -0.2) is 4.98 Å². The Balaban J connectivity index is 1.59. The molecule has 0 bridgehead atoms. The predicted octanol–water partition coefficient (Wildman–Crippen LogP) is 4.41. The third-order valence-corrected chi connectivity index (χ3v) is 7.16. The maximum absolute atomic E-state index is 13.2. The zero-order chi connectivity index (χ0) is 21.1. The van der Waals surface area contributed by atoms with Crippen LogP contribution in [0.25, 0.3) is 10.2 Å². The topological polar surface area (TPSA) is 71.5 Å². The van der Waals surface area contributed by atoms with Crippen molar-refractivity contribution in [3.8, 4) is 0 Å². The summed E-state index contributed by atoms with van der Waals surface area (Å²) in [6.07, 6.45) is 2.07. The van der Waals surface area contributed by atoms with Crippen molar-refractivity contribution in [1.82, 2.24) is 9.88 Å². The second kappa shape index (κ2) is 9.24. The van der Waals surface area contributed by atoms with Gasteiger partial charge in [-0.2, -0.15) is 0 Å². The van der Waals surface area contributed by atoms with E-state index in [4.69, 9.17) is 4.74 Å². The Hall–Kier alpha value is -2.29. The highest BCUT2D eigenvalue weighted by Gasteiger charge is 2.27. The van der Waals surface area contributed by atoms with E-state index in [1.54, 1.807) is 16.2 Å². The molecule has 0 spiro atoms. The van der Waals surface area contributed by atoms with Crippen LogP contribution in [0.1, 0.15) is 38.6 Å². The van der Waals surface area contributed by atoms with Gasteiger partial charge in [0.1, 0.15) is 9.71 Å². The second-order valence-corrected chi connectivity index (χ2v) is 9.48. The van der Waals surface area contributed by atoms with E-state index in [0.29, 0.717) is 43.3 Å². The van der Waals surface area contributed by atoms with Gasteiger partial charge in [0, 0.05) is 35.5 Å². The van der Waals surface area contributed by atoms with Crippen molar-refractivity contribution in [2.75, 3.05) is 31.6 Å². The molecule has 0 saturated carbocycles. The Labute approximate surface area is 183 Å². The van der Waals surface area contributed by atoms with Gasteiger partial charge in [0.2, 0.25) is 5.91 Å². The second-order valence-electron chi connectivity index (χ2n) is 7.45. The number of ether oxygens (including phenoxy) is 1. The number of carbonyl (C=O) groups is 2. The van der Waals surface area contributed by atoms with Crippen molar-refractivity contribution in [2.24, 2.45) is 0 Å². The number of nitrogens with zero attached hydrogens (tertiary/aromatic N) is 2. The zero-order valence-electron chi connectivity index (χ0n) is 17.2. The molecule has 0 unspecified atom stereocenters. The van der Waals surface area contributed by atoms with Crippen LogP contribution in [0.3, 0.4) is 0 Å². The van der Waals surface area contributed by atoms with Crippen LogP contribution in [-0.4, -0.2) is 48.0 Å². The van der Waals surface area contributed by atoms with E-state index in [9.17, 15) is 9.59 Å². The first-order valence-corrected chi connectivity index (χ1v) is 11.8. The predicted molar refractivity (Wildman–Crippen MR) is 122 cm³/mol. The van der Waals surface area contributed by atoms with Gasteiger partial charge in [-0.05, 0) is 49.8 Å². The molecule has 158 valence electrons. The summed E-state index contributed by atoms with van der Waals surface area (Å²) >= 11 is 3.07. The normalized spacial score (nSPS) is 14.3. The largest absolute Gasteiger partial charge is 0.378 e. The lowest BCUT2D eigenvalue weighted by Gasteiger charge is -2.26. The number of amides is 2. The van der Waals surface area contributed by atoms with Gasteiger partial charge in [-0.1, -0.05) is 6.07 Å². The van der Waals surface area contributed by atoms with Crippen LogP contribution in [0.4, 0.5) is 5.69 Å². The molecule has 3 aromatic heterocycles. The number of morpholine rings is 1. The Morgan fingerprint density at radius 2 is 2.07 bits per heavy atom. The Morgan fingerprint density at radius 3 is 2.80 bits per heavy atom. The molecule has 1 aliphatic heterocycles. The van der Waals surface area contributed by atoms with Crippen molar-refractivity contribution >= 4 is 50.4 Å². The minimum Gasteiger partial charge on any atom is -0.378 e. The average Bonchev–Trinajstić information content (AvgIpc) is 3.36. The number of aryl methyl sites for hydroxylation is 3. The van der Waals surface area contributed by atoms with Crippen molar-refractivity contribution < 1.29 is 14.3 Å². The lowest BCUT2D eigenvalue weighted by atomic mass is 10.1. The molecular formula is C22H25N3O3S2. The maximum atomic E-state index is 13.2. The monoisotopic (exact) mass is 443 g/mol. The zero-order valence-corrected chi connectivity index (χ0v) is 18.8. The van der Waals surface area contributed by atoms with Crippen molar-refractivity contribution in [1.29, 1.82) is 0 Å². The number of aromatic nitrogens is 1. The molecule has 30 heavy (non-hydrogen) atoms. The summed E-state index contributed by atoms with van der Waals surface area (Å²) in [5, 5.41) is 5.97. The molecule has 0 aliphatic carbocycles. The molecule has 4 rings (SSSR count). The Morgan fingerprint density at radius 1 is 1.27 bits per heavy atom. The molecule has 6 nitrogen and oxygen atoms in total. The first kappa shape index (κ1) is 21.0. The molecule has 1 saturated heterocycles. The van der Waals surface area contributed by atoms with E-state index in [-0.39, 0.29) is 11.8 Å². The average molecular weight is 444 g/mol. The molecule has 3 aromatic rings. The van der Waals surface area contributed by atoms with Crippen molar-refractivity contribution in [3.05, 3.63) is 44.6 Å². The van der Waals surface area contributed by atoms with Gasteiger partial charge < -0.3 is 15.0 Å². The fourth-order valence-electron chi connectivity index (χ4n) is 3.70. The molecule has 1 fully saturated rings. The summed E-state index contributed by atoms with van der Waals surface area (Å²) in [5.74, 6) is -0.130. The summed E-state index contributed by atoms with van der Waals surface area (Å²) in [5.41, 5.74) is 2.53. The summed E-state index contributed by atoms with van der Waals surface area (Å²) in [4.78, 5) is 35.0. The highest BCUT2D eigenvalue weighted by molar-refractivity contribution is 7.21. The number of thiophene rings is 2. The molecular weight excluding hydrogens is 418 g/mol. The molecule has 1 N–H and O–H groups in total. The smallest absolute Gasteiger partial charge is 0.266 e. The number of hydrogen-bond acceptors (Lipinski definition) is 6. The van der Waals surface area contributed by atoms with E-state index in [2.05, 4.69) is 16.4 Å². The molecule has 0 aromatic carbocycles. The maximum Gasteiger partial charge on any atom is 0.266 e. The lowest BCUT2D eigenvalue weighted by Crippen LogP contribution is -2.40. The van der Waals surface area contributed by atoms with Gasteiger partial charge in [-0.15, -0.1) is 22.7 Å². The number of rotatable bonds is 6. The summed E-state index contributed by atoms with van der Waals surface area (Å²) < 4.78 is 5.38. The number of nitrogens with one attached hydrogen (secondary N) is 1. The molecule has 2 amide bonds. The van der Waals surface area contributed by atoms with Crippen LogP contribution in [0.5, 0.6) is 0 Å². The molecule has 0 atom stereocenters. The summed E-state index contributed by atoms with van der Waals surface area (Å²) in [7, 11) is 0. The highest BCUT2D eigenvalue weighted by atomic mass is 32.1. The minimum absolute atomic E-state index is 0.0627. The molecule has 0 radical (unpaired) electrons. The highest BCUT2D eigenvalue weighted by Crippen LogP contribution is 2.38. The van der Waals surface area contributed by atoms with Crippen LogP contribution >= 0.6 is 22.7 Å². The van der Waals surface area contributed by atoms with E-state index in [1.807, 2.05) is 31.4 Å². The minimum atomic E-state index is -0.0674.